The van der Waals surface area contributed by atoms with Gasteiger partial charge in [0.1, 0.15) is 0 Å². The molecule has 0 saturated carbocycles. The van der Waals surface area contributed by atoms with Crippen LogP contribution in [0, 0.1) is 5.92 Å². The van der Waals surface area contributed by atoms with Gasteiger partial charge in [-0.15, -0.1) is 0 Å². The van der Waals surface area contributed by atoms with Crippen molar-refractivity contribution in [1.29, 1.82) is 0 Å². The first-order chi connectivity index (χ1) is 11.8. The van der Waals surface area contributed by atoms with Gasteiger partial charge in [-0.1, -0.05) is 26.0 Å². The molecule has 1 unspecified atom stereocenters. The third-order valence-electron chi connectivity index (χ3n) is 4.63. The van der Waals surface area contributed by atoms with Gasteiger partial charge in [-0.05, 0) is 30.5 Å². The minimum atomic E-state index is -4.41. The molecule has 4 nitrogen and oxygen atoms in total. The minimum Gasteiger partial charge on any atom is -0.352 e. The van der Waals surface area contributed by atoms with Crippen molar-refractivity contribution in [2.24, 2.45) is 5.92 Å². The number of carbonyl (C=O) groups excluding carboxylic acids is 2. The number of rotatable bonds is 6. The molecule has 1 atom stereocenters. The molecule has 138 valence electrons. The molecule has 1 aromatic carbocycles. The topological polar surface area (TPSA) is 49.4 Å². The fourth-order valence-corrected chi connectivity index (χ4v) is 3.18. The van der Waals surface area contributed by atoms with Gasteiger partial charge >= 0.3 is 6.18 Å². The van der Waals surface area contributed by atoms with E-state index in [2.05, 4.69) is 5.32 Å². The van der Waals surface area contributed by atoms with Gasteiger partial charge in [-0.3, -0.25) is 9.59 Å². The molecule has 1 aliphatic heterocycles. The Morgan fingerprint density at radius 1 is 1.32 bits per heavy atom. The third-order valence-corrected chi connectivity index (χ3v) is 4.63. The van der Waals surface area contributed by atoms with E-state index in [1.807, 2.05) is 13.8 Å². The monoisotopic (exact) mass is 356 g/mol. The number of hydrogen-bond donors (Lipinski definition) is 1. The first-order valence-corrected chi connectivity index (χ1v) is 8.49. The van der Waals surface area contributed by atoms with Crippen molar-refractivity contribution in [3.05, 3.63) is 35.4 Å². The minimum absolute atomic E-state index is 0.0123. The molecule has 1 fully saturated rings. The molecule has 1 saturated heterocycles. The number of alkyl halides is 3. The first kappa shape index (κ1) is 19.3. The van der Waals surface area contributed by atoms with E-state index in [0.29, 0.717) is 12.1 Å². The average molecular weight is 356 g/mol. The largest absolute Gasteiger partial charge is 0.416 e. The van der Waals surface area contributed by atoms with Crippen LogP contribution in [0.4, 0.5) is 13.2 Å². The summed E-state index contributed by atoms with van der Waals surface area (Å²) in [6, 6.07) is 5.00. The summed E-state index contributed by atoms with van der Waals surface area (Å²) in [5.74, 6) is -0.772. The van der Waals surface area contributed by atoms with Crippen molar-refractivity contribution < 1.29 is 22.8 Å². The number of nitrogens with zero attached hydrogens (tertiary/aromatic N) is 1. The van der Waals surface area contributed by atoms with Crippen LogP contribution in [0.2, 0.25) is 0 Å². The lowest BCUT2D eigenvalue weighted by atomic mass is 10.1. The van der Waals surface area contributed by atoms with E-state index in [-0.39, 0.29) is 30.8 Å². The Hall–Kier alpha value is -2.05. The molecular formula is C18H23F3N2O2. The fourth-order valence-electron chi connectivity index (χ4n) is 3.18. The molecule has 1 aromatic rings. The summed E-state index contributed by atoms with van der Waals surface area (Å²) < 4.78 is 38.1. The van der Waals surface area contributed by atoms with Crippen molar-refractivity contribution in [3.63, 3.8) is 0 Å². The van der Waals surface area contributed by atoms with Crippen LogP contribution in [0.3, 0.4) is 0 Å². The molecule has 0 radical (unpaired) electrons. The maximum Gasteiger partial charge on any atom is 0.416 e. The maximum atomic E-state index is 12.7. The number of carbonyl (C=O) groups is 2. The van der Waals surface area contributed by atoms with Crippen molar-refractivity contribution in [2.45, 2.75) is 51.9 Å². The number of likely N-dealkylation sites (tertiary alicyclic amines) is 1. The zero-order valence-electron chi connectivity index (χ0n) is 14.4. The summed E-state index contributed by atoms with van der Waals surface area (Å²) in [5.41, 5.74) is -0.362. The number of nitrogens with one attached hydrogen (secondary N) is 1. The molecule has 0 aromatic heterocycles. The molecule has 7 heteroatoms. The predicted molar refractivity (Wildman–Crippen MR) is 87.5 cm³/mol. The number of benzene rings is 1. The number of amides is 2. The standard InChI is InChI=1S/C18H23F3N2O2/c1-3-15(4-2)23-11-13(9-16(23)24)17(25)22-10-12-6-5-7-14(8-12)18(19,20)21/h5-8,13,15H,3-4,9-11H2,1-2H3,(H,22,25). The first-order valence-electron chi connectivity index (χ1n) is 8.49. The van der Waals surface area contributed by atoms with E-state index in [1.165, 1.54) is 12.1 Å². The Labute approximate surface area is 145 Å². The highest BCUT2D eigenvalue weighted by Gasteiger charge is 2.36. The highest BCUT2D eigenvalue weighted by atomic mass is 19.4. The highest BCUT2D eigenvalue weighted by Crippen LogP contribution is 2.29. The van der Waals surface area contributed by atoms with E-state index in [0.717, 1.165) is 25.0 Å². The van der Waals surface area contributed by atoms with Gasteiger partial charge in [-0.2, -0.15) is 13.2 Å². The van der Waals surface area contributed by atoms with Gasteiger partial charge in [0.05, 0.1) is 11.5 Å². The Morgan fingerprint density at radius 3 is 2.60 bits per heavy atom. The lowest BCUT2D eigenvalue weighted by molar-refractivity contribution is -0.137. The zero-order valence-corrected chi connectivity index (χ0v) is 14.4. The molecule has 2 rings (SSSR count). The van der Waals surface area contributed by atoms with Crippen molar-refractivity contribution in [3.8, 4) is 0 Å². The van der Waals surface area contributed by atoms with Gasteiger partial charge in [0.15, 0.2) is 0 Å². The van der Waals surface area contributed by atoms with Gasteiger partial charge < -0.3 is 10.2 Å². The van der Waals surface area contributed by atoms with Crippen LogP contribution in [0.1, 0.15) is 44.2 Å². The second kappa shape index (κ2) is 7.89. The summed E-state index contributed by atoms with van der Waals surface area (Å²) in [4.78, 5) is 26.1. The molecule has 1 heterocycles. The molecule has 0 bridgehead atoms. The van der Waals surface area contributed by atoms with Gasteiger partial charge in [-0.25, -0.2) is 0 Å². The second-order valence-electron chi connectivity index (χ2n) is 6.33. The lowest BCUT2D eigenvalue weighted by Gasteiger charge is -2.26. The van der Waals surface area contributed by atoms with Gasteiger partial charge in [0, 0.05) is 25.6 Å². The van der Waals surface area contributed by atoms with Crippen molar-refractivity contribution in [1.82, 2.24) is 10.2 Å². The second-order valence-corrected chi connectivity index (χ2v) is 6.33. The predicted octanol–water partition coefficient (Wildman–Crippen LogP) is 3.36. The Balaban J connectivity index is 1.94. The third kappa shape index (κ3) is 4.74. The van der Waals surface area contributed by atoms with E-state index >= 15 is 0 Å². The smallest absolute Gasteiger partial charge is 0.352 e. The average Bonchev–Trinajstić information content (AvgIpc) is 2.95. The lowest BCUT2D eigenvalue weighted by Crippen LogP contribution is -2.37. The number of halogens is 3. The SMILES string of the molecule is CCC(CC)N1CC(C(=O)NCc2cccc(C(F)(F)F)c2)CC1=O. The maximum absolute atomic E-state index is 12.7. The highest BCUT2D eigenvalue weighted by molar-refractivity contribution is 5.89. The molecular weight excluding hydrogens is 333 g/mol. The van der Waals surface area contributed by atoms with Crippen LogP contribution in [-0.4, -0.2) is 29.3 Å². The molecule has 0 spiro atoms. The van der Waals surface area contributed by atoms with E-state index in [9.17, 15) is 22.8 Å². The van der Waals surface area contributed by atoms with E-state index in [4.69, 9.17) is 0 Å². The van der Waals surface area contributed by atoms with E-state index in [1.54, 1.807) is 4.90 Å². The Kier molecular flexibility index (Phi) is 6.08. The summed E-state index contributed by atoms with van der Waals surface area (Å²) >= 11 is 0. The molecule has 0 aliphatic carbocycles. The van der Waals surface area contributed by atoms with Crippen LogP contribution < -0.4 is 5.32 Å². The van der Waals surface area contributed by atoms with Crippen LogP contribution in [-0.2, 0) is 22.3 Å². The molecule has 25 heavy (non-hydrogen) atoms. The van der Waals surface area contributed by atoms with Crippen LogP contribution in [0.25, 0.3) is 0 Å². The van der Waals surface area contributed by atoms with Crippen molar-refractivity contribution in [2.75, 3.05) is 6.54 Å². The van der Waals surface area contributed by atoms with Gasteiger partial charge in [0.2, 0.25) is 11.8 Å². The Morgan fingerprint density at radius 2 is 2.00 bits per heavy atom. The van der Waals surface area contributed by atoms with Crippen LogP contribution in [0.5, 0.6) is 0 Å². The summed E-state index contributed by atoms with van der Waals surface area (Å²) in [6.45, 7) is 4.39. The fraction of sp³-hybridized carbons (Fsp3) is 0.556. The summed E-state index contributed by atoms with van der Waals surface area (Å²) in [7, 11) is 0. The normalized spacial score (nSPS) is 18.1. The molecule has 2 amide bonds. The summed E-state index contributed by atoms with van der Waals surface area (Å²) in [5, 5.41) is 2.65. The van der Waals surface area contributed by atoms with Crippen LogP contribution >= 0.6 is 0 Å². The molecule has 1 aliphatic rings. The van der Waals surface area contributed by atoms with E-state index < -0.39 is 17.7 Å². The van der Waals surface area contributed by atoms with Gasteiger partial charge in [0.25, 0.3) is 0 Å². The quantitative estimate of drug-likeness (QED) is 0.850. The summed E-state index contributed by atoms with van der Waals surface area (Å²) in [6.07, 6.45) is -2.58. The molecule has 1 N–H and O–H groups in total. The Bertz CT molecular complexity index is 627. The number of hydrogen-bond acceptors (Lipinski definition) is 2. The van der Waals surface area contributed by atoms with Crippen LogP contribution in [0.15, 0.2) is 24.3 Å². The van der Waals surface area contributed by atoms with Crippen molar-refractivity contribution >= 4 is 11.8 Å². The zero-order chi connectivity index (χ0) is 18.6.